The molecular weight excluding hydrogens is 338 g/mol. The van der Waals surface area contributed by atoms with Gasteiger partial charge in [0, 0.05) is 31.1 Å². The molecule has 1 aliphatic heterocycles. The van der Waals surface area contributed by atoms with Gasteiger partial charge in [-0.15, -0.1) is 11.3 Å². The van der Waals surface area contributed by atoms with Crippen molar-refractivity contribution in [2.24, 2.45) is 5.92 Å². The fourth-order valence-electron chi connectivity index (χ4n) is 2.77. The molecule has 1 amide bonds. The van der Waals surface area contributed by atoms with Gasteiger partial charge in [0.15, 0.2) is 0 Å². The van der Waals surface area contributed by atoms with Crippen molar-refractivity contribution in [1.82, 2.24) is 19.4 Å². The van der Waals surface area contributed by atoms with Gasteiger partial charge in [0.05, 0.1) is 11.8 Å². The molecule has 3 rings (SSSR count). The summed E-state index contributed by atoms with van der Waals surface area (Å²) < 4.78 is 26.4. The van der Waals surface area contributed by atoms with Crippen LogP contribution in [0.25, 0.3) is 0 Å². The summed E-state index contributed by atoms with van der Waals surface area (Å²) >= 11 is 1.38. The molecule has 1 saturated heterocycles. The summed E-state index contributed by atoms with van der Waals surface area (Å²) in [6.45, 7) is 1.62. The summed E-state index contributed by atoms with van der Waals surface area (Å²) in [6.07, 6.45) is -0.0682. The Morgan fingerprint density at radius 2 is 2.08 bits per heavy atom. The van der Waals surface area contributed by atoms with Gasteiger partial charge in [-0.25, -0.2) is 18.7 Å². The quantitative estimate of drug-likeness (QED) is 0.844. The molecule has 0 bridgehead atoms. The molecule has 1 fully saturated rings. The van der Waals surface area contributed by atoms with Gasteiger partial charge < -0.3 is 4.90 Å². The van der Waals surface area contributed by atoms with E-state index >= 15 is 0 Å². The van der Waals surface area contributed by atoms with Crippen LogP contribution in [-0.4, -0.2) is 38.4 Å². The number of alkyl halides is 2. The molecule has 0 N–H and O–H groups in total. The Hall–Kier alpha value is -2.16. The number of halogens is 2. The van der Waals surface area contributed by atoms with Gasteiger partial charge in [0.2, 0.25) is 0 Å². The van der Waals surface area contributed by atoms with E-state index in [1.807, 2.05) is 0 Å². The zero-order chi connectivity index (χ0) is 17.1. The van der Waals surface area contributed by atoms with Gasteiger partial charge in [0.1, 0.15) is 11.4 Å². The Morgan fingerprint density at radius 3 is 2.67 bits per heavy atom. The molecule has 2 aromatic heterocycles. The lowest BCUT2D eigenvalue weighted by atomic mass is 9.96. The second-order valence-corrected chi connectivity index (χ2v) is 6.43. The minimum absolute atomic E-state index is 0.0742. The molecule has 0 spiro atoms. The maximum atomic E-state index is 12.5. The predicted molar refractivity (Wildman–Crippen MR) is 84.2 cm³/mol. The van der Waals surface area contributed by atoms with E-state index in [1.165, 1.54) is 22.2 Å². The fourth-order valence-corrected chi connectivity index (χ4v) is 3.30. The van der Waals surface area contributed by atoms with Crippen molar-refractivity contribution in [2.45, 2.75) is 25.8 Å². The Labute approximate surface area is 140 Å². The number of carbonyl (C=O) groups is 1. The zero-order valence-corrected chi connectivity index (χ0v) is 13.6. The number of carbonyl (C=O) groups excluding carboxylic acids is 1. The van der Waals surface area contributed by atoms with Gasteiger partial charge in [-0.2, -0.15) is 0 Å². The first-order valence-corrected chi connectivity index (χ1v) is 8.51. The molecule has 2 aromatic rings. The third kappa shape index (κ3) is 3.66. The first kappa shape index (κ1) is 16.7. The monoisotopic (exact) mass is 354 g/mol. The van der Waals surface area contributed by atoms with Crippen molar-refractivity contribution < 1.29 is 13.6 Å². The van der Waals surface area contributed by atoms with Crippen LogP contribution in [0.3, 0.4) is 0 Å². The minimum atomic E-state index is -2.74. The Bertz CT molecular complexity index is 755. The molecule has 3 heterocycles. The average Bonchev–Trinajstić information content (AvgIpc) is 3.11. The smallest absolute Gasteiger partial charge is 0.280 e. The number of hydrogen-bond acceptors (Lipinski definition) is 5. The van der Waals surface area contributed by atoms with Crippen LogP contribution in [0, 0.1) is 5.92 Å². The lowest BCUT2D eigenvalue weighted by Gasteiger charge is -2.31. The summed E-state index contributed by atoms with van der Waals surface area (Å²) in [7, 11) is 0. The molecule has 1 aliphatic rings. The maximum Gasteiger partial charge on any atom is 0.280 e. The Balaban J connectivity index is 1.58. The highest BCUT2D eigenvalue weighted by atomic mass is 32.1. The van der Waals surface area contributed by atoms with Gasteiger partial charge >= 0.3 is 0 Å². The number of thiazole rings is 1. The van der Waals surface area contributed by atoms with Gasteiger partial charge in [-0.1, -0.05) is 0 Å². The number of likely N-dealkylation sites (tertiary alicyclic amines) is 1. The van der Waals surface area contributed by atoms with Crippen molar-refractivity contribution in [3.8, 4) is 0 Å². The Morgan fingerprint density at radius 1 is 1.33 bits per heavy atom. The normalized spacial score (nSPS) is 15.9. The summed E-state index contributed by atoms with van der Waals surface area (Å²) in [5.74, 6) is 0.135. The molecule has 0 atom stereocenters. The van der Waals surface area contributed by atoms with Crippen LogP contribution in [0.1, 0.15) is 35.4 Å². The number of nitrogens with zero attached hydrogens (tertiary/aromatic N) is 4. The summed E-state index contributed by atoms with van der Waals surface area (Å²) in [6, 6.07) is 0.881. The molecule has 6 nitrogen and oxygen atoms in total. The van der Waals surface area contributed by atoms with Crippen molar-refractivity contribution in [3.63, 3.8) is 0 Å². The van der Waals surface area contributed by atoms with Gasteiger partial charge in [-0.05, 0) is 18.8 Å². The van der Waals surface area contributed by atoms with E-state index in [1.54, 1.807) is 15.8 Å². The first-order valence-electron chi connectivity index (χ1n) is 7.56. The van der Waals surface area contributed by atoms with E-state index in [9.17, 15) is 18.4 Å². The molecule has 0 radical (unpaired) electrons. The highest BCUT2D eigenvalue weighted by Gasteiger charge is 2.25. The Kier molecular flexibility index (Phi) is 4.98. The average molecular weight is 354 g/mol. The number of piperidine rings is 1. The van der Waals surface area contributed by atoms with Crippen molar-refractivity contribution >= 4 is 17.2 Å². The van der Waals surface area contributed by atoms with Gasteiger partial charge in [-0.3, -0.25) is 14.2 Å². The van der Waals surface area contributed by atoms with E-state index < -0.39 is 17.7 Å². The fraction of sp³-hybridized carbons (Fsp3) is 0.467. The van der Waals surface area contributed by atoms with Crippen molar-refractivity contribution in [1.29, 1.82) is 0 Å². The highest BCUT2D eigenvalue weighted by molar-refractivity contribution is 7.07. The van der Waals surface area contributed by atoms with E-state index in [2.05, 4.69) is 9.97 Å². The standard InChI is InChI=1S/C15H16F2N4O2S/c16-14(17)11-5-13(22)21(8-18-11)6-10-1-3-20(4-2-10)15(23)12-7-24-9-19-12/h5,7-10,14H,1-4,6H2. The summed E-state index contributed by atoms with van der Waals surface area (Å²) in [5.41, 5.74) is 1.12. The van der Waals surface area contributed by atoms with Crippen LogP contribution in [0.5, 0.6) is 0 Å². The van der Waals surface area contributed by atoms with Crippen molar-refractivity contribution in [3.05, 3.63) is 45.0 Å². The van der Waals surface area contributed by atoms with Crippen LogP contribution in [-0.2, 0) is 6.54 Å². The second-order valence-electron chi connectivity index (χ2n) is 5.71. The second kappa shape index (κ2) is 7.16. The topological polar surface area (TPSA) is 68.1 Å². The molecule has 9 heteroatoms. The minimum Gasteiger partial charge on any atom is -0.337 e. The SMILES string of the molecule is O=C(c1cscn1)N1CCC(Cn2cnc(C(F)F)cc2=O)CC1. The van der Waals surface area contributed by atoms with Crippen LogP contribution in [0.15, 0.2) is 28.1 Å². The highest BCUT2D eigenvalue weighted by Crippen LogP contribution is 2.20. The molecule has 0 aliphatic carbocycles. The van der Waals surface area contributed by atoms with Crippen LogP contribution >= 0.6 is 11.3 Å². The van der Waals surface area contributed by atoms with Crippen molar-refractivity contribution in [2.75, 3.05) is 13.1 Å². The summed E-state index contributed by atoms with van der Waals surface area (Å²) in [5, 5.41) is 1.73. The third-order valence-corrected chi connectivity index (χ3v) is 4.72. The van der Waals surface area contributed by atoms with E-state index in [0.717, 1.165) is 18.9 Å². The third-order valence-electron chi connectivity index (χ3n) is 4.13. The van der Waals surface area contributed by atoms with Crippen LogP contribution in [0.4, 0.5) is 8.78 Å². The maximum absolute atomic E-state index is 12.5. The lowest BCUT2D eigenvalue weighted by molar-refractivity contribution is 0.0677. The number of rotatable bonds is 4. The largest absolute Gasteiger partial charge is 0.337 e. The van der Waals surface area contributed by atoms with E-state index in [0.29, 0.717) is 25.3 Å². The van der Waals surface area contributed by atoms with Crippen LogP contribution in [0.2, 0.25) is 0 Å². The predicted octanol–water partition coefficient (Wildman–Crippen LogP) is 2.19. The van der Waals surface area contributed by atoms with Gasteiger partial charge in [0.25, 0.3) is 17.9 Å². The molecule has 0 saturated carbocycles. The van der Waals surface area contributed by atoms with E-state index in [4.69, 9.17) is 0 Å². The molecular formula is C15H16F2N4O2S. The first-order chi connectivity index (χ1) is 11.5. The molecule has 0 aromatic carbocycles. The van der Waals surface area contributed by atoms with E-state index in [-0.39, 0.29) is 11.8 Å². The zero-order valence-electron chi connectivity index (χ0n) is 12.8. The number of amides is 1. The molecule has 0 unspecified atom stereocenters. The summed E-state index contributed by atoms with van der Waals surface area (Å²) in [4.78, 5) is 33.5. The number of hydrogen-bond donors (Lipinski definition) is 0. The van der Waals surface area contributed by atoms with Crippen LogP contribution < -0.4 is 5.56 Å². The molecule has 128 valence electrons. The molecule has 24 heavy (non-hydrogen) atoms. The number of aromatic nitrogens is 3. The lowest BCUT2D eigenvalue weighted by Crippen LogP contribution is -2.40.